The van der Waals surface area contributed by atoms with E-state index in [0.29, 0.717) is 0 Å². The maximum absolute atomic E-state index is 10.4. The van der Waals surface area contributed by atoms with Crippen LogP contribution in [0.4, 0.5) is 0 Å². The van der Waals surface area contributed by atoms with Crippen molar-refractivity contribution in [3.63, 3.8) is 0 Å². The standard InChI is InChI=1S/C15H27NO11/c16-2-1-3-24-6-15(13(23)10(20)8(5-18)26-15)27-14-12(22)11(21)9(19)7(4-17)25-14/h1-2,7-14,17-23H,3-6,16H2/t7-,8-,9-,10-,11+,12-,13+,14-,15+/m1/s1. The fourth-order valence-electron chi connectivity index (χ4n) is 2.94. The second kappa shape index (κ2) is 9.54. The van der Waals surface area contributed by atoms with Gasteiger partial charge >= 0.3 is 0 Å². The van der Waals surface area contributed by atoms with Crippen LogP contribution in [-0.4, -0.2) is 117 Å². The maximum atomic E-state index is 10.4. The molecule has 158 valence electrons. The molecule has 0 spiro atoms. The van der Waals surface area contributed by atoms with Crippen LogP contribution in [0.5, 0.6) is 0 Å². The van der Waals surface area contributed by atoms with E-state index in [-0.39, 0.29) is 6.61 Å². The molecule has 2 aliphatic rings. The van der Waals surface area contributed by atoms with Crippen molar-refractivity contribution < 1.29 is 54.7 Å². The molecule has 2 aliphatic heterocycles. The van der Waals surface area contributed by atoms with Gasteiger partial charge in [-0.25, -0.2) is 0 Å². The highest BCUT2D eigenvalue weighted by atomic mass is 16.8. The highest BCUT2D eigenvalue weighted by Crippen LogP contribution is 2.36. The van der Waals surface area contributed by atoms with Crippen LogP contribution in [0.2, 0.25) is 0 Å². The van der Waals surface area contributed by atoms with Gasteiger partial charge < -0.3 is 60.4 Å². The van der Waals surface area contributed by atoms with Crippen molar-refractivity contribution >= 4 is 0 Å². The van der Waals surface area contributed by atoms with Crippen LogP contribution in [0.3, 0.4) is 0 Å². The van der Waals surface area contributed by atoms with Gasteiger partial charge in [0.15, 0.2) is 6.29 Å². The largest absolute Gasteiger partial charge is 0.405 e. The van der Waals surface area contributed by atoms with Gasteiger partial charge in [-0.2, -0.15) is 0 Å². The summed E-state index contributed by atoms with van der Waals surface area (Å²) >= 11 is 0. The van der Waals surface area contributed by atoms with Gasteiger partial charge in [0.2, 0.25) is 5.79 Å². The zero-order valence-corrected chi connectivity index (χ0v) is 14.4. The average Bonchev–Trinajstić information content (AvgIpc) is 2.90. The third kappa shape index (κ3) is 4.58. The number of aliphatic hydroxyl groups excluding tert-OH is 7. The van der Waals surface area contributed by atoms with Gasteiger partial charge in [0.25, 0.3) is 0 Å². The van der Waals surface area contributed by atoms with Crippen molar-refractivity contribution in [1.29, 1.82) is 0 Å². The minimum Gasteiger partial charge on any atom is -0.405 e. The van der Waals surface area contributed by atoms with E-state index in [1.165, 1.54) is 12.3 Å². The lowest BCUT2D eigenvalue weighted by Crippen LogP contribution is -2.62. The van der Waals surface area contributed by atoms with Crippen LogP contribution >= 0.6 is 0 Å². The Bertz CT molecular complexity index is 492. The first-order valence-corrected chi connectivity index (χ1v) is 8.39. The van der Waals surface area contributed by atoms with Gasteiger partial charge in [-0.15, -0.1) is 0 Å². The monoisotopic (exact) mass is 397 g/mol. The molecule has 2 saturated heterocycles. The minimum atomic E-state index is -2.07. The van der Waals surface area contributed by atoms with Crippen molar-refractivity contribution in [2.24, 2.45) is 5.73 Å². The first-order chi connectivity index (χ1) is 12.8. The Hall–Kier alpha value is -0.900. The molecule has 0 saturated carbocycles. The molecule has 0 unspecified atom stereocenters. The lowest BCUT2D eigenvalue weighted by atomic mass is 9.99. The number of nitrogens with two attached hydrogens (primary N) is 1. The smallest absolute Gasteiger partial charge is 0.224 e. The molecule has 2 heterocycles. The van der Waals surface area contributed by atoms with E-state index in [1.807, 2.05) is 0 Å². The Morgan fingerprint density at radius 2 is 1.59 bits per heavy atom. The molecular weight excluding hydrogens is 370 g/mol. The Morgan fingerprint density at radius 3 is 2.15 bits per heavy atom. The summed E-state index contributed by atoms with van der Waals surface area (Å²) < 4.78 is 21.5. The SMILES string of the molecule is NC=CCOC[C@@]1(O[C@H]2O[C@H](CO)[C@@H](O)[C@H](O)[C@H]2O)O[C@H](CO)[C@@H](O)[C@@H]1O. The zero-order valence-electron chi connectivity index (χ0n) is 14.4. The quantitative estimate of drug-likeness (QED) is 0.182. The number of hydrogen-bond acceptors (Lipinski definition) is 12. The van der Waals surface area contributed by atoms with Gasteiger partial charge in [0, 0.05) is 0 Å². The molecule has 2 fully saturated rings. The summed E-state index contributed by atoms with van der Waals surface area (Å²) in [5.41, 5.74) is 5.20. The highest BCUT2D eigenvalue weighted by Gasteiger charge is 2.58. The van der Waals surface area contributed by atoms with Crippen LogP contribution in [0, 0.1) is 0 Å². The second-order valence-electron chi connectivity index (χ2n) is 6.34. The van der Waals surface area contributed by atoms with Gasteiger partial charge in [-0.3, -0.25) is 0 Å². The van der Waals surface area contributed by atoms with E-state index in [4.69, 9.17) is 24.7 Å². The predicted octanol–water partition coefficient (Wildman–Crippen LogP) is -4.90. The second-order valence-corrected chi connectivity index (χ2v) is 6.34. The summed E-state index contributed by atoms with van der Waals surface area (Å²) in [5.74, 6) is -2.07. The number of ether oxygens (including phenoxy) is 4. The Balaban J connectivity index is 2.20. The predicted molar refractivity (Wildman–Crippen MR) is 85.7 cm³/mol. The summed E-state index contributed by atoms with van der Waals surface area (Å²) in [5, 5.41) is 68.8. The van der Waals surface area contributed by atoms with Gasteiger partial charge in [-0.1, -0.05) is 0 Å². The van der Waals surface area contributed by atoms with E-state index in [0.717, 1.165) is 0 Å². The molecule has 27 heavy (non-hydrogen) atoms. The van der Waals surface area contributed by atoms with Crippen LogP contribution in [0.15, 0.2) is 12.3 Å². The molecule has 0 amide bonds. The molecule has 0 aromatic rings. The van der Waals surface area contributed by atoms with Crippen LogP contribution < -0.4 is 5.73 Å². The molecule has 9 N–H and O–H groups in total. The van der Waals surface area contributed by atoms with Crippen LogP contribution in [0.1, 0.15) is 0 Å². The first-order valence-electron chi connectivity index (χ1n) is 8.39. The van der Waals surface area contributed by atoms with Crippen molar-refractivity contribution in [2.45, 2.75) is 54.8 Å². The van der Waals surface area contributed by atoms with Crippen molar-refractivity contribution in [2.75, 3.05) is 26.4 Å². The topological polar surface area (TPSA) is 205 Å². The number of aliphatic hydroxyl groups is 7. The molecule has 2 rings (SSSR count). The minimum absolute atomic E-state index is 0.00621. The van der Waals surface area contributed by atoms with Crippen LogP contribution in [0.25, 0.3) is 0 Å². The molecule has 0 aromatic heterocycles. The fraction of sp³-hybridized carbons (Fsp3) is 0.867. The van der Waals surface area contributed by atoms with E-state index < -0.39 is 74.6 Å². The Labute approximate surface area is 155 Å². The average molecular weight is 397 g/mol. The highest BCUT2D eigenvalue weighted by molar-refractivity contribution is 4.99. The van der Waals surface area contributed by atoms with Gasteiger partial charge in [0.05, 0.1) is 19.8 Å². The lowest BCUT2D eigenvalue weighted by molar-refractivity contribution is -0.385. The van der Waals surface area contributed by atoms with E-state index >= 15 is 0 Å². The number of hydrogen-bond donors (Lipinski definition) is 8. The molecule has 0 bridgehead atoms. The summed E-state index contributed by atoms with van der Waals surface area (Å²) in [6.07, 6.45) is -9.74. The van der Waals surface area contributed by atoms with Crippen molar-refractivity contribution in [1.82, 2.24) is 0 Å². The summed E-state index contributed by atoms with van der Waals surface area (Å²) in [7, 11) is 0. The van der Waals surface area contributed by atoms with Gasteiger partial charge in [0.1, 0.15) is 49.3 Å². The molecule has 12 heteroatoms. The summed E-state index contributed by atoms with van der Waals surface area (Å²) in [6.45, 7) is -1.77. The van der Waals surface area contributed by atoms with Crippen molar-refractivity contribution in [3.8, 4) is 0 Å². The van der Waals surface area contributed by atoms with Crippen molar-refractivity contribution in [3.05, 3.63) is 12.3 Å². The molecule has 12 nitrogen and oxygen atoms in total. The zero-order chi connectivity index (χ0) is 20.2. The maximum Gasteiger partial charge on any atom is 0.224 e. The third-order valence-corrected chi connectivity index (χ3v) is 4.50. The summed E-state index contributed by atoms with van der Waals surface area (Å²) in [4.78, 5) is 0. The number of rotatable bonds is 8. The van der Waals surface area contributed by atoms with E-state index in [9.17, 15) is 35.7 Å². The summed E-state index contributed by atoms with van der Waals surface area (Å²) in [6, 6.07) is 0. The Kier molecular flexibility index (Phi) is 7.91. The molecular formula is C15H27NO11. The van der Waals surface area contributed by atoms with E-state index in [1.54, 1.807) is 0 Å². The third-order valence-electron chi connectivity index (χ3n) is 4.50. The first kappa shape index (κ1) is 22.4. The molecule has 0 aliphatic carbocycles. The molecule has 0 aromatic carbocycles. The normalized spacial score (nSPS) is 45.6. The van der Waals surface area contributed by atoms with E-state index in [2.05, 4.69) is 0 Å². The molecule has 0 radical (unpaired) electrons. The van der Waals surface area contributed by atoms with Gasteiger partial charge in [-0.05, 0) is 12.3 Å². The molecule has 9 atom stereocenters. The Morgan fingerprint density at radius 1 is 0.926 bits per heavy atom. The fourth-order valence-corrected chi connectivity index (χ4v) is 2.94. The van der Waals surface area contributed by atoms with Crippen LogP contribution in [-0.2, 0) is 18.9 Å². The lowest BCUT2D eigenvalue weighted by Gasteiger charge is -2.43.